The second kappa shape index (κ2) is 7.14. The number of carbonyl (C=O) groups excluding carboxylic acids is 1. The Bertz CT molecular complexity index is 572. The lowest BCUT2D eigenvalue weighted by atomic mass is 9.92. The number of hydrogen-bond acceptors (Lipinski definition) is 6. The van der Waals surface area contributed by atoms with Gasteiger partial charge in [-0.1, -0.05) is 11.8 Å². The molecule has 1 unspecified atom stereocenters. The zero-order valence-corrected chi connectivity index (χ0v) is 14.9. The number of fused-ring (bicyclic) bond motifs is 1. The van der Waals surface area contributed by atoms with E-state index >= 15 is 0 Å². The Morgan fingerprint density at radius 1 is 1.57 bits per heavy atom. The van der Waals surface area contributed by atoms with Gasteiger partial charge in [0.25, 0.3) is 0 Å². The number of hydrogen-bond donors (Lipinski definition) is 3. The third kappa shape index (κ3) is 3.36. The van der Waals surface area contributed by atoms with Gasteiger partial charge in [0.05, 0.1) is 23.9 Å². The molecule has 0 aliphatic carbocycles. The molecule has 2 heterocycles. The number of amides is 1. The van der Waals surface area contributed by atoms with Crippen molar-refractivity contribution in [2.24, 2.45) is 16.6 Å². The van der Waals surface area contributed by atoms with Gasteiger partial charge in [0.1, 0.15) is 11.1 Å². The van der Waals surface area contributed by atoms with Crippen LogP contribution in [0, 0.1) is 5.92 Å². The molecule has 7 nitrogen and oxygen atoms in total. The summed E-state index contributed by atoms with van der Waals surface area (Å²) in [5.74, 6) is -0.886. The van der Waals surface area contributed by atoms with E-state index in [9.17, 15) is 19.8 Å². The Kier molecular flexibility index (Phi) is 5.64. The molecule has 2 aliphatic heterocycles. The molecule has 23 heavy (non-hydrogen) atoms. The SMILES string of the molecule is CSCC[C@@H](N=C(C)N)C1=C(C(=O)O)N2C(=O)[C@H](C(C)O)[C@H]2S1. The minimum atomic E-state index is -1.15. The number of amidine groups is 1. The van der Waals surface area contributed by atoms with E-state index in [1.165, 1.54) is 16.7 Å². The lowest BCUT2D eigenvalue weighted by molar-refractivity contribution is -0.156. The average molecular weight is 359 g/mol. The third-order valence-corrected chi connectivity index (χ3v) is 5.89. The maximum Gasteiger partial charge on any atom is 0.353 e. The van der Waals surface area contributed by atoms with Crippen molar-refractivity contribution in [3.63, 3.8) is 0 Å². The first-order valence-electron chi connectivity index (χ1n) is 7.23. The largest absolute Gasteiger partial charge is 0.477 e. The number of aliphatic hydroxyl groups excluding tert-OH is 1. The van der Waals surface area contributed by atoms with E-state index in [0.29, 0.717) is 17.2 Å². The summed E-state index contributed by atoms with van der Waals surface area (Å²) in [6, 6.07) is -0.378. The van der Waals surface area contributed by atoms with Gasteiger partial charge in [-0.3, -0.25) is 14.7 Å². The van der Waals surface area contributed by atoms with Crippen molar-refractivity contribution in [2.45, 2.75) is 37.8 Å². The maximum absolute atomic E-state index is 12.2. The zero-order valence-electron chi connectivity index (χ0n) is 13.2. The van der Waals surface area contributed by atoms with E-state index < -0.39 is 18.0 Å². The highest BCUT2D eigenvalue weighted by atomic mass is 32.2. The van der Waals surface area contributed by atoms with Gasteiger partial charge in [0.15, 0.2) is 0 Å². The van der Waals surface area contributed by atoms with Crippen molar-refractivity contribution in [2.75, 3.05) is 12.0 Å². The summed E-state index contributed by atoms with van der Waals surface area (Å²) in [4.78, 5) is 30.1. The van der Waals surface area contributed by atoms with E-state index in [1.807, 2.05) is 6.26 Å². The molecule has 0 spiro atoms. The van der Waals surface area contributed by atoms with Crippen LogP contribution in [0.15, 0.2) is 15.6 Å². The number of carbonyl (C=O) groups is 2. The molecule has 0 aromatic heterocycles. The summed E-state index contributed by atoms with van der Waals surface area (Å²) >= 11 is 2.95. The van der Waals surface area contributed by atoms with Crippen LogP contribution in [0.3, 0.4) is 0 Å². The van der Waals surface area contributed by atoms with Crippen LogP contribution in [0.2, 0.25) is 0 Å². The van der Waals surface area contributed by atoms with Gasteiger partial charge in [-0.2, -0.15) is 11.8 Å². The molecule has 0 bridgehead atoms. The summed E-state index contributed by atoms with van der Waals surface area (Å²) in [5.41, 5.74) is 5.67. The smallest absolute Gasteiger partial charge is 0.353 e. The Morgan fingerprint density at radius 3 is 2.70 bits per heavy atom. The molecule has 1 fully saturated rings. The normalized spacial score (nSPS) is 26.9. The molecule has 1 saturated heterocycles. The van der Waals surface area contributed by atoms with Gasteiger partial charge in [-0.25, -0.2) is 4.79 Å². The summed E-state index contributed by atoms with van der Waals surface area (Å²) in [6.45, 7) is 3.21. The van der Waals surface area contributed by atoms with Crippen LogP contribution >= 0.6 is 23.5 Å². The molecule has 4 N–H and O–H groups in total. The quantitative estimate of drug-likeness (QED) is 0.348. The van der Waals surface area contributed by atoms with Crippen molar-refractivity contribution >= 4 is 41.2 Å². The Hall–Kier alpha value is -1.19. The lowest BCUT2D eigenvalue weighted by Crippen LogP contribution is -2.60. The van der Waals surface area contributed by atoms with Gasteiger partial charge in [-0.05, 0) is 32.3 Å². The van der Waals surface area contributed by atoms with Gasteiger partial charge >= 0.3 is 5.97 Å². The molecular weight excluding hydrogens is 338 g/mol. The Balaban J connectivity index is 2.37. The molecular formula is C14H21N3O4S2. The molecule has 4 atom stereocenters. The first-order valence-corrected chi connectivity index (χ1v) is 9.51. The van der Waals surface area contributed by atoms with E-state index in [1.54, 1.807) is 25.6 Å². The third-order valence-electron chi connectivity index (χ3n) is 3.79. The molecule has 0 aromatic carbocycles. The van der Waals surface area contributed by atoms with Gasteiger partial charge in [0, 0.05) is 4.91 Å². The number of carboxylic acids is 1. The summed E-state index contributed by atoms with van der Waals surface area (Å²) < 4.78 is 0. The Morgan fingerprint density at radius 2 is 2.22 bits per heavy atom. The van der Waals surface area contributed by atoms with Gasteiger partial charge in [-0.15, -0.1) is 0 Å². The van der Waals surface area contributed by atoms with E-state index in [-0.39, 0.29) is 23.0 Å². The molecule has 0 saturated carbocycles. The number of nitrogens with two attached hydrogens (primary N) is 1. The van der Waals surface area contributed by atoms with Crippen LogP contribution < -0.4 is 5.73 Å². The minimum absolute atomic E-state index is 0.0157. The van der Waals surface area contributed by atoms with Crippen molar-refractivity contribution in [3.8, 4) is 0 Å². The number of aliphatic carboxylic acids is 1. The fraction of sp³-hybridized carbons (Fsp3) is 0.643. The second-order valence-corrected chi connectivity index (χ2v) is 7.71. The number of aliphatic imine (C=N–C) groups is 1. The van der Waals surface area contributed by atoms with Crippen LogP contribution in [0.1, 0.15) is 20.3 Å². The van der Waals surface area contributed by atoms with Crippen LogP contribution in [0.5, 0.6) is 0 Å². The first kappa shape index (κ1) is 18.2. The van der Waals surface area contributed by atoms with E-state index in [0.717, 1.165) is 5.75 Å². The fourth-order valence-electron chi connectivity index (χ4n) is 2.77. The molecule has 2 aliphatic rings. The predicted molar refractivity (Wildman–Crippen MR) is 92.1 cm³/mol. The highest BCUT2D eigenvalue weighted by Crippen LogP contribution is 2.52. The Labute approximate surface area is 143 Å². The molecule has 1 amide bonds. The number of thioether (sulfide) groups is 2. The maximum atomic E-state index is 12.2. The molecule has 128 valence electrons. The summed E-state index contributed by atoms with van der Waals surface area (Å²) in [7, 11) is 0. The zero-order chi connectivity index (χ0) is 17.3. The van der Waals surface area contributed by atoms with Gasteiger partial charge in [0.2, 0.25) is 5.91 Å². The van der Waals surface area contributed by atoms with E-state index in [4.69, 9.17) is 5.73 Å². The number of nitrogens with zero attached hydrogens (tertiary/aromatic N) is 2. The topological polar surface area (TPSA) is 116 Å². The number of carboxylic acid groups (broad SMARTS) is 1. The summed E-state index contributed by atoms with van der Waals surface area (Å²) in [6.07, 6.45) is 1.79. The van der Waals surface area contributed by atoms with Crippen molar-refractivity contribution in [3.05, 3.63) is 10.6 Å². The van der Waals surface area contributed by atoms with Crippen LogP contribution in [-0.2, 0) is 9.59 Å². The van der Waals surface area contributed by atoms with Crippen LogP contribution in [0.4, 0.5) is 0 Å². The fourth-order valence-corrected chi connectivity index (χ4v) is 4.92. The van der Waals surface area contributed by atoms with Crippen molar-refractivity contribution in [1.29, 1.82) is 0 Å². The van der Waals surface area contributed by atoms with Crippen LogP contribution in [-0.4, -0.2) is 62.4 Å². The first-order chi connectivity index (χ1) is 10.8. The van der Waals surface area contributed by atoms with E-state index in [2.05, 4.69) is 4.99 Å². The number of β-lactam (4-membered cyclic amide) rings is 1. The highest BCUT2D eigenvalue weighted by molar-refractivity contribution is 8.04. The standard InChI is InChI=1S/C14H21N3O4S2/c1-6(18)9-12(19)17-10(14(20)21)11(23-13(9)17)8(4-5-22-3)16-7(2)15/h6,8-9,13,18H,4-5H2,1-3H3,(H2,15,16)(H,20,21)/t6?,8-,9+,13-/m1/s1. The molecule has 9 heteroatoms. The van der Waals surface area contributed by atoms with Gasteiger partial charge < -0.3 is 15.9 Å². The highest BCUT2D eigenvalue weighted by Gasteiger charge is 2.58. The minimum Gasteiger partial charge on any atom is -0.477 e. The van der Waals surface area contributed by atoms with Crippen LogP contribution in [0.25, 0.3) is 0 Å². The summed E-state index contributed by atoms with van der Waals surface area (Å²) in [5, 5.41) is 18.9. The second-order valence-electron chi connectivity index (χ2n) is 5.57. The monoisotopic (exact) mass is 359 g/mol. The molecule has 2 rings (SSSR count). The average Bonchev–Trinajstić information content (AvgIpc) is 2.77. The van der Waals surface area contributed by atoms with Crippen molar-refractivity contribution < 1.29 is 19.8 Å². The predicted octanol–water partition coefficient (Wildman–Crippen LogP) is 0.694. The molecule has 0 radical (unpaired) electrons. The number of aliphatic hydroxyl groups is 1. The number of rotatable bonds is 7. The molecule has 0 aromatic rings. The lowest BCUT2D eigenvalue weighted by Gasteiger charge is -2.43. The van der Waals surface area contributed by atoms with Crippen molar-refractivity contribution in [1.82, 2.24) is 4.90 Å².